The topological polar surface area (TPSA) is 223 Å². The average molecular weight is 567 g/mol. The smallest absolute Gasteiger partial charge is 0.300 e. The Kier molecular flexibility index (Phi) is 6.87. The van der Waals surface area contributed by atoms with Gasteiger partial charge in [0.1, 0.15) is 35.9 Å². The minimum atomic E-state index is -5.17. The number of phenolic OH excluding ortho intramolecular Hbond substituents is 1. The van der Waals surface area contributed by atoms with Crippen molar-refractivity contribution >= 4 is 32.9 Å². The molecule has 5 rings (SSSR count). The molecule has 7 N–H and O–H groups in total. The van der Waals surface area contributed by atoms with Crippen molar-refractivity contribution in [3.05, 3.63) is 77.9 Å². The molecule has 0 spiro atoms. The monoisotopic (exact) mass is 566 g/mol. The number of phenols is 1. The number of amides is 1. The van der Waals surface area contributed by atoms with E-state index in [0.717, 1.165) is 10.9 Å². The molecule has 14 nitrogen and oxygen atoms in total. The number of carbonyl (C=O) groups excluding carboxylic acids is 1. The molecule has 4 aromatic rings. The number of imidazole rings is 1. The Morgan fingerprint density at radius 1 is 1.10 bits per heavy atom. The Morgan fingerprint density at radius 2 is 1.80 bits per heavy atom. The summed E-state index contributed by atoms with van der Waals surface area (Å²) in [6, 6.07) is 14.0. The van der Waals surface area contributed by atoms with Crippen LogP contribution in [0.4, 0.5) is 5.82 Å². The fraction of sp³-hybridized carbons (Fsp3) is 0.200. The van der Waals surface area contributed by atoms with E-state index >= 15 is 0 Å². The van der Waals surface area contributed by atoms with Gasteiger partial charge in [0.2, 0.25) is 5.82 Å². The van der Waals surface area contributed by atoms with Crippen LogP contribution in [-0.2, 0) is 19.8 Å². The van der Waals surface area contributed by atoms with Gasteiger partial charge in [0.25, 0.3) is 15.9 Å². The number of aromatic hydroxyl groups is 1. The van der Waals surface area contributed by atoms with Crippen LogP contribution in [0.2, 0.25) is 0 Å². The molecular formula is C25H22N6O8S. The SMILES string of the molecule is Nc1nc(C#Cc2ccccc2)nc2c1ncn2[C@]1(S(=O)(=O)NC(=O)c2ccccc2O)O[C@H](CO)[C@@H](O)[C@H]1O. The van der Waals surface area contributed by atoms with E-state index in [1.807, 2.05) is 6.07 Å². The first-order valence-corrected chi connectivity index (χ1v) is 13.1. The second-order valence-corrected chi connectivity index (χ2v) is 10.5. The fourth-order valence-corrected chi connectivity index (χ4v) is 5.84. The lowest BCUT2D eigenvalue weighted by atomic mass is 10.1. The summed E-state index contributed by atoms with van der Waals surface area (Å²) in [5.41, 5.74) is 5.92. The minimum Gasteiger partial charge on any atom is -0.507 e. The first-order valence-electron chi connectivity index (χ1n) is 11.7. The van der Waals surface area contributed by atoms with Gasteiger partial charge < -0.3 is 30.9 Å². The van der Waals surface area contributed by atoms with Gasteiger partial charge in [-0.15, -0.1) is 0 Å². The van der Waals surface area contributed by atoms with Gasteiger partial charge in [-0.3, -0.25) is 9.36 Å². The number of hydrogen-bond acceptors (Lipinski definition) is 12. The van der Waals surface area contributed by atoms with Gasteiger partial charge in [-0.05, 0) is 30.2 Å². The van der Waals surface area contributed by atoms with E-state index in [4.69, 9.17) is 10.5 Å². The van der Waals surface area contributed by atoms with Gasteiger partial charge in [-0.2, -0.15) is 0 Å². The number of fused-ring (bicyclic) bond motifs is 1. The van der Waals surface area contributed by atoms with E-state index in [1.165, 1.54) is 24.3 Å². The van der Waals surface area contributed by atoms with E-state index in [9.17, 15) is 33.6 Å². The summed E-state index contributed by atoms with van der Waals surface area (Å²) in [4.78, 5) is 25.3. The third kappa shape index (κ3) is 4.39. The Morgan fingerprint density at radius 3 is 2.48 bits per heavy atom. The largest absolute Gasteiger partial charge is 0.507 e. The van der Waals surface area contributed by atoms with Crippen LogP contribution in [0.3, 0.4) is 0 Å². The Hall–Kier alpha value is -4.59. The van der Waals surface area contributed by atoms with Crippen LogP contribution < -0.4 is 10.5 Å². The van der Waals surface area contributed by atoms with Crippen LogP contribution in [-0.4, -0.2) is 79.2 Å². The Labute approximate surface area is 226 Å². The highest BCUT2D eigenvalue weighted by Crippen LogP contribution is 2.42. The van der Waals surface area contributed by atoms with E-state index in [-0.39, 0.29) is 22.8 Å². The van der Waals surface area contributed by atoms with Crippen LogP contribution in [0, 0.1) is 11.8 Å². The standard InChI is InChI=1S/C25H22N6O8S/c26-22-19-23(29-18(28-22)11-10-14-6-2-1-3-7-14)31(13-27-19)25(21(35)20(34)17(12-32)39-25)40(37,38)30-24(36)15-8-4-5-9-16(15)33/h1-9,13,17,20-21,32-35H,12H2,(H,30,36)(H2,26,28,29)/t17-,20-,21-,25+/m1/s1. The van der Waals surface area contributed by atoms with Gasteiger partial charge >= 0.3 is 5.06 Å². The number of nitrogens with one attached hydrogen (secondary N) is 1. The fourth-order valence-electron chi connectivity index (χ4n) is 4.24. The summed E-state index contributed by atoms with van der Waals surface area (Å²) in [6.07, 6.45) is -4.87. The number of carbonyl (C=O) groups is 1. The molecule has 0 bridgehead atoms. The predicted molar refractivity (Wildman–Crippen MR) is 139 cm³/mol. The predicted octanol–water partition coefficient (Wildman–Crippen LogP) is -1.00. The number of nitrogens with two attached hydrogens (primary N) is 1. The molecule has 3 heterocycles. The van der Waals surface area contributed by atoms with Crippen LogP contribution in [0.1, 0.15) is 21.7 Å². The first kappa shape index (κ1) is 27.0. The second kappa shape index (κ2) is 10.2. The quantitative estimate of drug-likeness (QED) is 0.160. The van der Waals surface area contributed by atoms with Gasteiger partial charge in [0.05, 0.1) is 12.2 Å². The zero-order valence-corrected chi connectivity index (χ0v) is 21.2. The van der Waals surface area contributed by atoms with Crippen molar-refractivity contribution in [2.24, 2.45) is 0 Å². The second-order valence-electron chi connectivity index (χ2n) is 8.69. The van der Waals surface area contributed by atoms with Crippen molar-refractivity contribution in [2.75, 3.05) is 12.3 Å². The number of aromatic nitrogens is 4. The van der Waals surface area contributed by atoms with Gasteiger partial charge in [-0.25, -0.2) is 28.1 Å². The van der Waals surface area contributed by atoms with Crippen molar-refractivity contribution in [3.63, 3.8) is 0 Å². The number of rotatable bonds is 5. The highest BCUT2D eigenvalue weighted by Gasteiger charge is 2.65. The molecule has 1 saturated heterocycles. The summed E-state index contributed by atoms with van der Waals surface area (Å²) in [7, 11) is -5.17. The number of anilines is 1. The molecule has 0 unspecified atom stereocenters. The maximum atomic E-state index is 13.8. The van der Waals surface area contributed by atoms with Crippen molar-refractivity contribution in [1.29, 1.82) is 0 Å². The highest BCUT2D eigenvalue weighted by molar-refractivity contribution is 7.90. The van der Waals surface area contributed by atoms with Crippen LogP contribution >= 0.6 is 0 Å². The van der Waals surface area contributed by atoms with E-state index in [0.29, 0.717) is 5.56 Å². The molecule has 1 amide bonds. The molecule has 1 aliphatic rings. The third-order valence-electron chi connectivity index (χ3n) is 6.19. The zero-order valence-electron chi connectivity index (χ0n) is 20.4. The number of nitrogens with zero attached hydrogens (tertiary/aromatic N) is 4. The summed E-state index contributed by atoms with van der Waals surface area (Å²) in [5, 5.41) is 38.4. The molecule has 0 radical (unpaired) electrons. The molecule has 206 valence electrons. The van der Waals surface area contributed by atoms with E-state index in [2.05, 4.69) is 26.8 Å². The van der Waals surface area contributed by atoms with Crippen molar-refractivity contribution in [3.8, 4) is 17.6 Å². The average Bonchev–Trinajstić information content (AvgIpc) is 3.48. The Balaban J connectivity index is 1.67. The number of benzene rings is 2. The molecule has 2 aromatic carbocycles. The summed E-state index contributed by atoms with van der Waals surface area (Å²) in [6.45, 7) is -0.888. The van der Waals surface area contributed by atoms with Crippen LogP contribution in [0.15, 0.2) is 60.9 Å². The lowest BCUT2D eigenvalue weighted by Crippen LogP contribution is -2.56. The Bertz CT molecular complexity index is 1770. The number of para-hydroxylation sites is 1. The molecule has 15 heteroatoms. The number of aliphatic hydroxyl groups excluding tert-OH is 3. The normalized spacial score (nSPS) is 22.5. The molecule has 1 aliphatic heterocycles. The van der Waals surface area contributed by atoms with Crippen molar-refractivity contribution < 1.29 is 38.4 Å². The number of sulfonamides is 1. The number of nitrogen functional groups attached to an aromatic ring is 1. The summed E-state index contributed by atoms with van der Waals surface area (Å²) in [5.74, 6) is 3.47. The molecule has 2 aromatic heterocycles. The number of hydrogen-bond donors (Lipinski definition) is 6. The summed E-state index contributed by atoms with van der Waals surface area (Å²) >= 11 is 0. The molecule has 0 aliphatic carbocycles. The van der Waals surface area contributed by atoms with Crippen molar-refractivity contribution in [1.82, 2.24) is 24.2 Å². The maximum absolute atomic E-state index is 13.8. The highest BCUT2D eigenvalue weighted by atomic mass is 32.2. The molecule has 4 atom stereocenters. The molecule has 0 saturated carbocycles. The number of ether oxygens (including phenoxy) is 1. The first-order chi connectivity index (χ1) is 19.1. The zero-order chi connectivity index (χ0) is 28.7. The molecule has 40 heavy (non-hydrogen) atoms. The molecular weight excluding hydrogens is 544 g/mol. The lowest BCUT2D eigenvalue weighted by molar-refractivity contribution is -0.0847. The van der Waals surface area contributed by atoms with E-state index in [1.54, 1.807) is 29.0 Å². The number of aliphatic hydroxyl groups is 3. The van der Waals surface area contributed by atoms with Crippen LogP contribution in [0.25, 0.3) is 11.2 Å². The third-order valence-corrected chi connectivity index (χ3v) is 7.95. The van der Waals surface area contributed by atoms with Crippen LogP contribution in [0.5, 0.6) is 5.75 Å². The lowest BCUT2D eigenvalue weighted by Gasteiger charge is -2.32. The van der Waals surface area contributed by atoms with Gasteiger partial charge in [0, 0.05) is 5.56 Å². The van der Waals surface area contributed by atoms with Gasteiger partial charge in [-0.1, -0.05) is 36.3 Å². The minimum absolute atomic E-state index is 0.0930. The van der Waals surface area contributed by atoms with Crippen molar-refractivity contribution in [2.45, 2.75) is 23.4 Å². The van der Waals surface area contributed by atoms with Gasteiger partial charge in [0.15, 0.2) is 11.5 Å². The maximum Gasteiger partial charge on any atom is 0.300 e. The van der Waals surface area contributed by atoms with E-state index < -0.39 is 57.2 Å². The molecule has 1 fully saturated rings. The summed E-state index contributed by atoms with van der Waals surface area (Å²) < 4.78 is 35.8.